The number of carbonyl (C=O) groups excluding carboxylic acids is 3. The Labute approximate surface area is 433 Å². The second-order valence-electron chi connectivity index (χ2n) is 19.9. The van der Waals surface area contributed by atoms with Crippen LogP contribution in [0.5, 0.6) is 0 Å². The van der Waals surface area contributed by atoms with Crippen molar-refractivity contribution in [3.8, 4) is 0 Å². The van der Waals surface area contributed by atoms with E-state index in [1.807, 2.05) is 0 Å². The van der Waals surface area contributed by atoms with Crippen molar-refractivity contribution in [2.24, 2.45) is 0 Å². The Morgan fingerprint density at radius 3 is 0.871 bits per heavy atom. The number of unbranched alkanes of at least 4 members (excludes halogenated alkanes) is 31. The summed E-state index contributed by atoms with van der Waals surface area (Å²) in [6.07, 6.45) is 75.1. The maximum absolute atomic E-state index is 12.8. The van der Waals surface area contributed by atoms with Crippen molar-refractivity contribution in [2.45, 2.75) is 303 Å². The lowest BCUT2D eigenvalue weighted by molar-refractivity contribution is -0.167. The average molecular weight is 978 g/mol. The van der Waals surface area contributed by atoms with Crippen molar-refractivity contribution in [3.05, 3.63) is 72.9 Å². The van der Waals surface area contributed by atoms with E-state index in [1.54, 1.807) is 0 Å². The lowest BCUT2D eigenvalue weighted by Gasteiger charge is -2.18. The van der Waals surface area contributed by atoms with Gasteiger partial charge in [-0.3, -0.25) is 14.4 Å². The Hall–Kier alpha value is -3.15. The van der Waals surface area contributed by atoms with Crippen LogP contribution in [0.15, 0.2) is 72.9 Å². The Morgan fingerprint density at radius 1 is 0.300 bits per heavy atom. The predicted octanol–water partition coefficient (Wildman–Crippen LogP) is 20.2. The van der Waals surface area contributed by atoms with E-state index < -0.39 is 6.10 Å². The molecule has 0 aliphatic rings. The fourth-order valence-electron chi connectivity index (χ4n) is 8.51. The molecule has 0 spiro atoms. The van der Waals surface area contributed by atoms with Gasteiger partial charge in [0.15, 0.2) is 6.10 Å². The minimum atomic E-state index is -0.767. The highest BCUT2D eigenvalue weighted by Crippen LogP contribution is 2.16. The van der Waals surface area contributed by atoms with Crippen LogP contribution in [0.4, 0.5) is 0 Å². The van der Waals surface area contributed by atoms with Gasteiger partial charge in [-0.15, -0.1) is 0 Å². The quantitative estimate of drug-likeness (QED) is 0.0261. The molecule has 6 heteroatoms. The molecule has 0 aliphatic heterocycles. The number of hydrogen-bond donors (Lipinski definition) is 0. The maximum atomic E-state index is 12.8. The molecule has 0 aliphatic carbocycles. The van der Waals surface area contributed by atoms with Gasteiger partial charge in [-0.25, -0.2) is 0 Å². The highest BCUT2D eigenvalue weighted by Gasteiger charge is 2.19. The zero-order valence-electron chi connectivity index (χ0n) is 46.3. The van der Waals surface area contributed by atoms with Crippen LogP contribution < -0.4 is 0 Å². The van der Waals surface area contributed by atoms with E-state index in [9.17, 15) is 14.4 Å². The maximum Gasteiger partial charge on any atom is 0.306 e. The van der Waals surface area contributed by atoms with Gasteiger partial charge in [-0.05, 0) is 70.6 Å². The average Bonchev–Trinajstić information content (AvgIpc) is 3.36. The first-order chi connectivity index (χ1) is 34.5. The first-order valence-corrected chi connectivity index (χ1v) is 29.9. The standard InChI is InChI=1S/C64H112O6/c1-4-7-10-13-16-18-20-22-23-24-25-26-27-28-29-30-31-32-33-34-35-36-37-38-39-40-41-42-44-45-48-51-54-57-63(66)69-60-61(59-68-62(65)56-53-50-47-15-12-9-6-3)70-64(67)58-55-52-49-46-43-21-19-17-14-11-8-5-2/h7,10,16,18,22-23,25-26,28-29,31-32,61H,4-6,8-9,11-15,17,19-21,24,27,30,33-60H2,1-3H3/b10-7-,18-16-,23-22-,26-25-,29-28-,32-31-. The van der Waals surface area contributed by atoms with Crippen molar-refractivity contribution in [3.63, 3.8) is 0 Å². The summed E-state index contributed by atoms with van der Waals surface area (Å²) in [4.78, 5) is 37.9. The molecule has 1 unspecified atom stereocenters. The third kappa shape index (κ3) is 55.8. The lowest BCUT2D eigenvalue weighted by atomic mass is 10.0. The molecule has 0 N–H and O–H groups in total. The molecule has 0 heterocycles. The minimum Gasteiger partial charge on any atom is -0.462 e. The molecule has 0 fully saturated rings. The van der Waals surface area contributed by atoms with Crippen LogP contribution >= 0.6 is 0 Å². The van der Waals surface area contributed by atoms with Gasteiger partial charge in [0.05, 0.1) is 0 Å². The lowest BCUT2D eigenvalue weighted by Crippen LogP contribution is -2.30. The SMILES string of the molecule is CC/C=C\C/C=C\C/C=C\C/C=C\C/C=C\C/C=C\CCCCCCCCCCCCCCCCC(=O)OCC(COC(=O)CCCCCCCCC)OC(=O)CCCCCCCCCCCCCC. The van der Waals surface area contributed by atoms with Gasteiger partial charge in [-0.2, -0.15) is 0 Å². The number of ether oxygens (including phenoxy) is 3. The Bertz CT molecular complexity index is 1310. The number of hydrogen-bond acceptors (Lipinski definition) is 6. The third-order valence-electron chi connectivity index (χ3n) is 13.0. The largest absolute Gasteiger partial charge is 0.462 e. The molecule has 404 valence electrons. The molecular weight excluding hydrogens is 865 g/mol. The van der Waals surface area contributed by atoms with Crippen molar-refractivity contribution in [2.75, 3.05) is 13.2 Å². The minimum absolute atomic E-state index is 0.0703. The topological polar surface area (TPSA) is 78.9 Å². The number of carbonyl (C=O) groups is 3. The molecule has 1 atom stereocenters. The zero-order valence-corrected chi connectivity index (χ0v) is 46.3. The summed E-state index contributed by atoms with van der Waals surface area (Å²) in [5.74, 6) is -0.867. The molecule has 0 aromatic heterocycles. The van der Waals surface area contributed by atoms with Gasteiger partial charge in [-0.1, -0.05) is 280 Å². The van der Waals surface area contributed by atoms with Crippen LogP contribution in [-0.4, -0.2) is 37.2 Å². The first kappa shape index (κ1) is 66.9. The normalized spacial score (nSPS) is 12.6. The Kier molecular flexibility index (Phi) is 55.8. The first-order valence-electron chi connectivity index (χ1n) is 29.9. The number of esters is 3. The second kappa shape index (κ2) is 58.4. The van der Waals surface area contributed by atoms with Gasteiger partial charge >= 0.3 is 17.9 Å². The van der Waals surface area contributed by atoms with Crippen LogP contribution in [-0.2, 0) is 28.6 Å². The van der Waals surface area contributed by atoms with Crippen molar-refractivity contribution in [1.29, 1.82) is 0 Å². The number of allylic oxidation sites excluding steroid dienone is 12. The van der Waals surface area contributed by atoms with E-state index in [4.69, 9.17) is 14.2 Å². The summed E-state index contributed by atoms with van der Waals surface area (Å²) in [5.41, 5.74) is 0. The van der Waals surface area contributed by atoms with Crippen molar-refractivity contribution < 1.29 is 28.6 Å². The van der Waals surface area contributed by atoms with E-state index in [1.165, 1.54) is 161 Å². The van der Waals surface area contributed by atoms with E-state index in [0.717, 1.165) is 96.3 Å². The molecule has 0 aromatic carbocycles. The van der Waals surface area contributed by atoms with E-state index in [-0.39, 0.29) is 31.1 Å². The summed E-state index contributed by atoms with van der Waals surface area (Å²) < 4.78 is 16.8. The van der Waals surface area contributed by atoms with Gasteiger partial charge in [0, 0.05) is 19.3 Å². The molecule has 0 amide bonds. The predicted molar refractivity (Wildman–Crippen MR) is 302 cm³/mol. The van der Waals surface area contributed by atoms with Crippen molar-refractivity contribution in [1.82, 2.24) is 0 Å². The zero-order chi connectivity index (χ0) is 50.7. The Balaban J connectivity index is 4.00. The third-order valence-corrected chi connectivity index (χ3v) is 13.0. The highest BCUT2D eigenvalue weighted by atomic mass is 16.6. The van der Waals surface area contributed by atoms with Gasteiger partial charge in [0.25, 0.3) is 0 Å². The second-order valence-corrected chi connectivity index (χ2v) is 19.9. The van der Waals surface area contributed by atoms with Gasteiger partial charge in [0.1, 0.15) is 13.2 Å². The smallest absolute Gasteiger partial charge is 0.306 e. The fraction of sp³-hybridized carbons (Fsp3) is 0.766. The summed E-state index contributed by atoms with van der Waals surface area (Å²) >= 11 is 0. The van der Waals surface area contributed by atoms with E-state index in [0.29, 0.717) is 19.3 Å². The van der Waals surface area contributed by atoms with Crippen LogP contribution in [0.3, 0.4) is 0 Å². The molecule has 6 nitrogen and oxygen atoms in total. The summed E-state index contributed by atoms with van der Waals surface area (Å²) in [7, 11) is 0. The van der Waals surface area contributed by atoms with Crippen molar-refractivity contribution >= 4 is 17.9 Å². The monoisotopic (exact) mass is 977 g/mol. The molecule has 70 heavy (non-hydrogen) atoms. The number of rotatable bonds is 54. The molecule has 0 aromatic rings. The molecule has 0 bridgehead atoms. The molecular formula is C64H112O6. The molecule has 0 rings (SSSR count). The summed E-state index contributed by atoms with van der Waals surface area (Å²) in [6.45, 7) is 6.50. The summed E-state index contributed by atoms with van der Waals surface area (Å²) in [5, 5.41) is 0. The molecule has 0 radical (unpaired) electrons. The van der Waals surface area contributed by atoms with Crippen LogP contribution in [0.25, 0.3) is 0 Å². The fourth-order valence-corrected chi connectivity index (χ4v) is 8.51. The molecule has 0 saturated carbocycles. The van der Waals surface area contributed by atoms with Crippen LogP contribution in [0, 0.1) is 0 Å². The highest BCUT2D eigenvalue weighted by molar-refractivity contribution is 5.71. The van der Waals surface area contributed by atoms with Gasteiger partial charge in [0.2, 0.25) is 0 Å². The molecule has 0 saturated heterocycles. The van der Waals surface area contributed by atoms with Crippen LogP contribution in [0.1, 0.15) is 297 Å². The van der Waals surface area contributed by atoms with E-state index >= 15 is 0 Å². The van der Waals surface area contributed by atoms with Gasteiger partial charge < -0.3 is 14.2 Å². The Morgan fingerprint density at radius 2 is 0.557 bits per heavy atom. The summed E-state index contributed by atoms with van der Waals surface area (Å²) in [6, 6.07) is 0. The van der Waals surface area contributed by atoms with Crippen LogP contribution in [0.2, 0.25) is 0 Å². The van der Waals surface area contributed by atoms with E-state index in [2.05, 4.69) is 93.7 Å².